The molecule has 0 heterocycles. The Kier molecular flexibility index (Phi) is 6.28. The average Bonchev–Trinajstić information content (AvgIpc) is 2.46. The number of hydrogen-bond donors (Lipinski definition) is 1. The Morgan fingerprint density at radius 2 is 1.96 bits per heavy atom. The van der Waals surface area contributed by atoms with Crippen molar-refractivity contribution in [3.05, 3.63) is 29.3 Å². The molecule has 0 bridgehead atoms. The minimum Gasteiger partial charge on any atom is -0.467 e. The van der Waals surface area contributed by atoms with Crippen molar-refractivity contribution >= 4 is 27.7 Å². The molecule has 1 amide bonds. The second-order valence-corrected chi connectivity index (χ2v) is 6.58. The van der Waals surface area contributed by atoms with Crippen molar-refractivity contribution in [2.45, 2.75) is 33.2 Å². The quantitative estimate of drug-likeness (QED) is 0.618. The van der Waals surface area contributed by atoms with E-state index in [9.17, 15) is 18.0 Å². The maximum Gasteiger partial charge on any atom is 0.328 e. The Morgan fingerprint density at radius 3 is 2.43 bits per heavy atom. The summed E-state index contributed by atoms with van der Waals surface area (Å²) < 4.78 is 35.8. The van der Waals surface area contributed by atoms with Gasteiger partial charge in [-0.15, -0.1) is 0 Å². The smallest absolute Gasteiger partial charge is 0.328 e. The highest BCUT2D eigenvalue weighted by Gasteiger charge is 2.32. The van der Waals surface area contributed by atoms with Crippen molar-refractivity contribution in [2.24, 2.45) is 0 Å². The Hall–Kier alpha value is -1.93. The van der Waals surface area contributed by atoms with Crippen LogP contribution < -0.4 is 4.90 Å². The summed E-state index contributed by atoms with van der Waals surface area (Å²) in [5, 5.41) is 0. The molecule has 7 nitrogen and oxygen atoms in total. The molecule has 0 fully saturated rings. The number of methoxy groups -OCH3 is 1. The monoisotopic (exact) mass is 343 g/mol. The lowest BCUT2D eigenvalue weighted by Crippen LogP contribution is -2.47. The zero-order chi connectivity index (χ0) is 17.8. The third kappa shape index (κ3) is 4.77. The number of aryl methyl sites for hydroxylation is 2. The molecule has 8 heteroatoms. The fourth-order valence-electron chi connectivity index (χ4n) is 2.39. The van der Waals surface area contributed by atoms with Crippen molar-refractivity contribution in [1.29, 1.82) is 0 Å². The molecule has 128 valence electrons. The van der Waals surface area contributed by atoms with Gasteiger partial charge in [0.05, 0.1) is 12.8 Å². The standard InChI is InChI=1S/C15H21NO6S/c1-5-12-8-6-7-10(2)14(12)16(11(3)15(18)22-4)13(17)9-23(19,20)21/h6-8,11H,5,9H2,1-4H3,(H,19,20,21)/t11-/m0/s1. The van der Waals surface area contributed by atoms with Gasteiger partial charge in [-0.05, 0) is 31.4 Å². The van der Waals surface area contributed by atoms with Crippen LogP contribution >= 0.6 is 0 Å². The van der Waals surface area contributed by atoms with Crippen molar-refractivity contribution in [3.8, 4) is 0 Å². The second kappa shape index (κ2) is 7.56. The molecule has 0 aliphatic heterocycles. The largest absolute Gasteiger partial charge is 0.467 e. The molecule has 0 aliphatic rings. The number of hydrogen-bond acceptors (Lipinski definition) is 5. The van der Waals surface area contributed by atoms with Crippen LogP contribution in [0, 0.1) is 6.92 Å². The minimum absolute atomic E-state index is 0.460. The lowest BCUT2D eigenvalue weighted by molar-refractivity contribution is -0.142. The summed E-state index contributed by atoms with van der Waals surface area (Å²) in [6.45, 7) is 5.08. The van der Waals surface area contributed by atoms with Gasteiger partial charge in [0.25, 0.3) is 10.1 Å². The zero-order valence-corrected chi connectivity index (χ0v) is 14.4. The van der Waals surface area contributed by atoms with Crippen LogP contribution in [0.2, 0.25) is 0 Å². The van der Waals surface area contributed by atoms with Crippen LogP contribution in [0.25, 0.3) is 0 Å². The van der Waals surface area contributed by atoms with E-state index in [-0.39, 0.29) is 0 Å². The third-order valence-corrected chi connectivity index (χ3v) is 4.06. The number of rotatable bonds is 6. The lowest BCUT2D eigenvalue weighted by atomic mass is 10.0. The summed E-state index contributed by atoms with van der Waals surface area (Å²) in [6, 6.07) is 4.33. The molecule has 0 unspecified atom stereocenters. The van der Waals surface area contributed by atoms with E-state index in [1.807, 2.05) is 13.0 Å². The molecule has 1 rings (SSSR count). The number of amides is 1. The zero-order valence-electron chi connectivity index (χ0n) is 13.6. The van der Waals surface area contributed by atoms with E-state index in [1.54, 1.807) is 19.1 Å². The number of benzene rings is 1. The highest BCUT2D eigenvalue weighted by atomic mass is 32.2. The first-order chi connectivity index (χ1) is 10.6. The van der Waals surface area contributed by atoms with Gasteiger partial charge in [-0.3, -0.25) is 14.2 Å². The van der Waals surface area contributed by atoms with Crippen LogP contribution in [0.1, 0.15) is 25.0 Å². The Balaban J connectivity index is 3.47. The van der Waals surface area contributed by atoms with E-state index < -0.39 is 33.8 Å². The molecule has 0 aromatic heterocycles. The van der Waals surface area contributed by atoms with E-state index in [0.717, 1.165) is 10.5 Å². The number of esters is 1. The van der Waals surface area contributed by atoms with Crippen molar-refractivity contribution in [1.82, 2.24) is 0 Å². The summed E-state index contributed by atoms with van der Waals surface area (Å²) in [4.78, 5) is 25.4. The number of carbonyl (C=O) groups is 2. The fourth-order valence-corrected chi connectivity index (χ4v) is 2.84. The van der Waals surface area contributed by atoms with Gasteiger partial charge in [-0.25, -0.2) is 4.79 Å². The average molecular weight is 343 g/mol. The van der Waals surface area contributed by atoms with Gasteiger partial charge < -0.3 is 4.74 Å². The number of para-hydroxylation sites is 1. The van der Waals surface area contributed by atoms with Gasteiger partial charge in [0, 0.05) is 0 Å². The first-order valence-corrected chi connectivity index (χ1v) is 8.66. The first kappa shape index (κ1) is 19.1. The molecular weight excluding hydrogens is 322 g/mol. The molecule has 1 aromatic carbocycles. The number of anilines is 1. The third-order valence-electron chi connectivity index (χ3n) is 3.45. The van der Waals surface area contributed by atoms with Gasteiger partial charge in [0.15, 0.2) is 5.75 Å². The SMILES string of the molecule is CCc1cccc(C)c1N(C(=O)CS(=O)(=O)O)[C@@H](C)C(=O)OC. The summed E-state index contributed by atoms with van der Waals surface area (Å²) in [5.74, 6) is -2.68. The van der Waals surface area contributed by atoms with Crippen LogP contribution in [-0.2, 0) is 30.9 Å². The minimum atomic E-state index is -4.52. The van der Waals surface area contributed by atoms with Crippen molar-refractivity contribution < 1.29 is 27.3 Å². The van der Waals surface area contributed by atoms with Crippen LogP contribution in [0.15, 0.2) is 18.2 Å². The van der Waals surface area contributed by atoms with Gasteiger partial charge in [0.2, 0.25) is 5.91 Å². The highest BCUT2D eigenvalue weighted by Crippen LogP contribution is 2.28. The van der Waals surface area contributed by atoms with Crippen LogP contribution in [0.4, 0.5) is 5.69 Å². The van der Waals surface area contributed by atoms with Gasteiger partial charge in [-0.1, -0.05) is 25.1 Å². The molecule has 1 atom stereocenters. The molecule has 1 N–H and O–H groups in total. The first-order valence-electron chi connectivity index (χ1n) is 7.05. The predicted octanol–water partition coefficient (Wildman–Crippen LogP) is 1.34. The summed E-state index contributed by atoms with van der Waals surface area (Å²) in [7, 11) is -3.33. The normalized spacial score (nSPS) is 12.6. The van der Waals surface area contributed by atoms with Crippen LogP contribution in [0.5, 0.6) is 0 Å². The number of carbonyl (C=O) groups excluding carboxylic acids is 2. The molecule has 23 heavy (non-hydrogen) atoms. The fraction of sp³-hybridized carbons (Fsp3) is 0.467. The lowest BCUT2D eigenvalue weighted by Gasteiger charge is -2.30. The van der Waals surface area contributed by atoms with E-state index >= 15 is 0 Å². The van der Waals surface area contributed by atoms with Gasteiger partial charge >= 0.3 is 5.97 Å². The topological polar surface area (TPSA) is 101 Å². The van der Waals surface area contributed by atoms with Crippen molar-refractivity contribution in [2.75, 3.05) is 17.8 Å². The maximum absolute atomic E-state index is 12.4. The van der Waals surface area contributed by atoms with E-state index in [1.165, 1.54) is 14.0 Å². The molecule has 0 saturated heterocycles. The van der Waals surface area contributed by atoms with Gasteiger partial charge in [0.1, 0.15) is 6.04 Å². The van der Waals surface area contributed by atoms with E-state index in [4.69, 9.17) is 4.55 Å². The highest BCUT2D eigenvalue weighted by molar-refractivity contribution is 7.86. The van der Waals surface area contributed by atoms with Gasteiger partial charge in [-0.2, -0.15) is 8.42 Å². The molecule has 0 spiro atoms. The Bertz CT molecular complexity index is 698. The van der Waals surface area contributed by atoms with Crippen LogP contribution in [0.3, 0.4) is 0 Å². The molecule has 0 radical (unpaired) electrons. The van der Waals surface area contributed by atoms with E-state index in [0.29, 0.717) is 17.7 Å². The molecular formula is C15H21NO6S. The van der Waals surface area contributed by atoms with E-state index in [2.05, 4.69) is 4.74 Å². The summed E-state index contributed by atoms with van der Waals surface area (Å²) in [5.41, 5.74) is 1.95. The second-order valence-electron chi connectivity index (χ2n) is 5.13. The Labute approximate surface area is 136 Å². The Morgan fingerprint density at radius 1 is 1.35 bits per heavy atom. The maximum atomic E-state index is 12.4. The predicted molar refractivity (Wildman–Crippen MR) is 85.9 cm³/mol. The van der Waals surface area contributed by atoms with Crippen molar-refractivity contribution in [3.63, 3.8) is 0 Å². The molecule has 1 aromatic rings. The number of ether oxygens (including phenoxy) is 1. The molecule has 0 aliphatic carbocycles. The van der Waals surface area contributed by atoms with Crippen LogP contribution in [-0.4, -0.2) is 43.8 Å². The number of nitrogens with zero attached hydrogens (tertiary/aromatic N) is 1. The summed E-state index contributed by atoms with van der Waals surface area (Å²) in [6.07, 6.45) is 0.584. The molecule has 0 saturated carbocycles. The summed E-state index contributed by atoms with van der Waals surface area (Å²) >= 11 is 0.